The lowest BCUT2D eigenvalue weighted by Crippen LogP contribution is -2.65. The second-order valence-electron chi connectivity index (χ2n) is 4.90. The largest absolute Gasteiger partial charge is 0.324 e. The van der Waals surface area contributed by atoms with Gasteiger partial charge in [0.25, 0.3) is 10.0 Å². The van der Waals surface area contributed by atoms with E-state index in [1.165, 1.54) is 31.8 Å². The van der Waals surface area contributed by atoms with E-state index in [1.54, 1.807) is 0 Å². The Morgan fingerprint density at radius 3 is 2.50 bits per heavy atom. The van der Waals surface area contributed by atoms with Gasteiger partial charge in [0.2, 0.25) is 16.8 Å². The molecular formula is C10H13ClN4O4S. The quantitative estimate of drug-likeness (QED) is 0.740. The highest BCUT2D eigenvalue weighted by atomic mass is 35.5. The molecule has 0 bridgehead atoms. The van der Waals surface area contributed by atoms with Gasteiger partial charge in [-0.2, -0.15) is 4.31 Å². The minimum atomic E-state index is -4.16. The van der Waals surface area contributed by atoms with Crippen LogP contribution in [-0.2, 0) is 26.7 Å². The van der Waals surface area contributed by atoms with Crippen molar-refractivity contribution in [1.82, 2.24) is 19.2 Å². The monoisotopic (exact) mass is 320 g/mol. The van der Waals surface area contributed by atoms with E-state index in [2.05, 4.69) is 10.3 Å². The summed E-state index contributed by atoms with van der Waals surface area (Å²) >= 11 is 5.89. The predicted molar refractivity (Wildman–Crippen MR) is 69.3 cm³/mol. The summed E-state index contributed by atoms with van der Waals surface area (Å²) in [5, 5.41) is 1.64. The van der Waals surface area contributed by atoms with Crippen molar-refractivity contribution in [2.45, 2.75) is 24.4 Å². The zero-order valence-electron chi connectivity index (χ0n) is 11.0. The second kappa shape index (κ2) is 4.54. The van der Waals surface area contributed by atoms with Gasteiger partial charge in [-0.15, -0.1) is 0 Å². The minimum Gasteiger partial charge on any atom is -0.324 e. The van der Waals surface area contributed by atoms with Gasteiger partial charge in [-0.25, -0.2) is 13.4 Å². The molecule has 2 heterocycles. The molecule has 1 aromatic rings. The SMILES string of the molecule is Cn1cnc(S(=O)(=O)N2CC(=O)NC(=O)C2(C)C)c1Cl. The lowest BCUT2D eigenvalue weighted by molar-refractivity contribution is -0.141. The van der Waals surface area contributed by atoms with Crippen molar-refractivity contribution in [1.29, 1.82) is 0 Å². The number of aryl methyl sites for hydroxylation is 1. The number of piperazine rings is 1. The number of nitrogens with one attached hydrogen (secondary N) is 1. The summed E-state index contributed by atoms with van der Waals surface area (Å²) in [5.74, 6) is -1.38. The molecule has 0 unspecified atom stereocenters. The maximum Gasteiger partial charge on any atom is 0.265 e. The molecule has 10 heteroatoms. The fraction of sp³-hybridized carbons (Fsp3) is 0.500. The molecule has 0 atom stereocenters. The summed E-state index contributed by atoms with van der Waals surface area (Å²) in [4.78, 5) is 27.0. The summed E-state index contributed by atoms with van der Waals surface area (Å²) in [6, 6.07) is 0. The zero-order valence-corrected chi connectivity index (χ0v) is 12.6. The number of nitrogens with zero attached hydrogens (tertiary/aromatic N) is 3. The van der Waals surface area contributed by atoms with Crippen LogP contribution >= 0.6 is 11.6 Å². The van der Waals surface area contributed by atoms with Gasteiger partial charge in [-0.3, -0.25) is 14.9 Å². The highest BCUT2D eigenvalue weighted by molar-refractivity contribution is 7.89. The van der Waals surface area contributed by atoms with Crippen molar-refractivity contribution in [2.75, 3.05) is 6.54 Å². The number of aromatic nitrogens is 2. The molecule has 0 radical (unpaired) electrons. The molecule has 0 aromatic carbocycles. The van der Waals surface area contributed by atoms with Crippen LogP contribution in [0.3, 0.4) is 0 Å². The van der Waals surface area contributed by atoms with Gasteiger partial charge >= 0.3 is 0 Å². The molecule has 1 saturated heterocycles. The van der Waals surface area contributed by atoms with Crippen LogP contribution in [0.4, 0.5) is 0 Å². The molecular weight excluding hydrogens is 308 g/mol. The topological polar surface area (TPSA) is 101 Å². The second-order valence-corrected chi connectivity index (χ2v) is 7.04. The van der Waals surface area contributed by atoms with Gasteiger partial charge < -0.3 is 4.57 Å². The number of hydrogen-bond donors (Lipinski definition) is 1. The Labute approximate surface area is 120 Å². The van der Waals surface area contributed by atoms with Gasteiger partial charge in [0.15, 0.2) is 0 Å². The average molecular weight is 321 g/mol. The molecule has 20 heavy (non-hydrogen) atoms. The smallest absolute Gasteiger partial charge is 0.265 e. The Bertz CT molecular complexity index is 694. The average Bonchev–Trinajstić information content (AvgIpc) is 2.65. The lowest BCUT2D eigenvalue weighted by Gasteiger charge is -2.38. The molecule has 1 fully saturated rings. The van der Waals surface area contributed by atoms with Gasteiger partial charge in [0, 0.05) is 7.05 Å². The van der Waals surface area contributed by atoms with E-state index in [9.17, 15) is 18.0 Å². The Hall–Kier alpha value is -1.45. The molecule has 0 saturated carbocycles. The number of carbonyl (C=O) groups excluding carboxylic acids is 2. The number of rotatable bonds is 2. The molecule has 8 nitrogen and oxygen atoms in total. The number of sulfonamides is 1. The third-order valence-electron chi connectivity index (χ3n) is 3.09. The third-order valence-corrected chi connectivity index (χ3v) is 5.60. The van der Waals surface area contributed by atoms with E-state index in [0.29, 0.717) is 0 Å². The van der Waals surface area contributed by atoms with E-state index in [4.69, 9.17) is 11.6 Å². The zero-order chi connectivity index (χ0) is 15.3. The summed E-state index contributed by atoms with van der Waals surface area (Å²) in [5.41, 5.74) is -1.41. The van der Waals surface area contributed by atoms with Crippen LogP contribution in [0.2, 0.25) is 5.15 Å². The molecule has 2 rings (SSSR count). The Kier molecular flexibility index (Phi) is 3.39. The first-order chi connectivity index (χ1) is 9.08. The van der Waals surface area contributed by atoms with Crippen LogP contribution in [-0.4, -0.2) is 46.2 Å². The van der Waals surface area contributed by atoms with Crippen molar-refractivity contribution in [3.63, 3.8) is 0 Å². The van der Waals surface area contributed by atoms with Crippen molar-refractivity contribution in [3.05, 3.63) is 11.5 Å². The standard InChI is InChI=1S/C10H13ClN4O4S/c1-10(2)9(17)13-6(16)4-15(10)20(18,19)8-7(11)14(3)5-12-8/h5H,4H2,1-3H3,(H,13,16,17). The number of hydrogen-bond acceptors (Lipinski definition) is 5. The van der Waals surface area contributed by atoms with Crippen molar-refractivity contribution in [3.8, 4) is 0 Å². The van der Waals surface area contributed by atoms with Crippen LogP contribution in [0.5, 0.6) is 0 Å². The molecule has 2 amide bonds. The third kappa shape index (κ3) is 2.11. The van der Waals surface area contributed by atoms with Gasteiger partial charge in [0.1, 0.15) is 10.7 Å². The molecule has 1 aliphatic heterocycles. The number of imide groups is 1. The Morgan fingerprint density at radius 2 is 2.00 bits per heavy atom. The van der Waals surface area contributed by atoms with Gasteiger partial charge in [-0.05, 0) is 13.8 Å². The Morgan fingerprint density at radius 1 is 1.40 bits per heavy atom. The summed E-state index contributed by atoms with van der Waals surface area (Å²) < 4.78 is 27.3. The molecule has 1 aliphatic rings. The summed E-state index contributed by atoms with van der Waals surface area (Å²) in [7, 11) is -2.62. The van der Waals surface area contributed by atoms with E-state index in [1.807, 2.05) is 0 Å². The van der Waals surface area contributed by atoms with E-state index in [-0.39, 0.29) is 10.2 Å². The van der Waals surface area contributed by atoms with Crippen LogP contribution in [0.25, 0.3) is 0 Å². The Balaban J connectivity index is 2.55. The first-order valence-corrected chi connectivity index (χ1v) is 7.44. The van der Waals surface area contributed by atoms with Gasteiger partial charge in [0.05, 0.1) is 12.9 Å². The lowest BCUT2D eigenvalue weighted by atomic mass is 10.0. The van der Waals surface area contributed by atoms with Crippen LogP contribution in [0, 0.1) is 0 Å². The van der Waals surface area contributed by atoms with Crippen LogP contribution in [0.15, 0.2) is 11.4 Å². The molecule has 1 aromatic heterocycles. The van der Waals surface area contributed by atoms with E-state index >= 15 is 0 Å². The summed E-state index contributed by atoms with van der Waals surface area (Å²) in [6.07, 6.45) is 1.24. The van der Waals surface area contributed by atoms with Crippen molar-refractivity contribution < 1.29 is 18.0 Å². The fourth-order valence-electron chi connectivity index (χ4n) is 1.82. The van der Waals surface area contributed by atoms with Crippen molar-refractivity contribution >= 4 is 33.4 Å². The minimum absolute atomic E-state index is 0.0840. The highest BCUT2D eigenvalue weighted by Gasteiger charge is 2.48. The molecule has 0 spiro atoms. The molecule has 0 aliphatic carbocycles. The first-order valence-electron chi connectivity index (χ1n) is 5.62. The normalized spacial score (nSPS) is 20.0. The van der Waals surface area contributed by atoms with E-state index < -0.39 is 33.9 Å². The number of carbonyl (C=O) groups is 2. The van der Waals surface area contributed by atoms with E-state index in [0.717, 1.165) is 4.31 Å². The maximum absolute atomic E-state index is 12.6. The first kappa shape index (κ1) is 14.9. The fourth-order valence-corrected chi connectivity index (χ4v) is 3.92. The number of amides is 2. The van der Waals surface area contributed by atoms with Crippen LogP contribution < -0.4 is 5.32 Å². The van der Waals surface area contributed by atoms with Crippen molar-refractivity contribution in [2.24, 2.45) is 7.05 Å². The number of halogens is 1. The van der Waals surface area contributed by atoms with Gasteiger partial charge in [-0.1, -0.05) is 11.6 Å². The maximum atomic E-state index is 12.6. The molecule has 1 N–H and O–H groups in total. The predicted octanol–water partition coefficient (Wildman–Crippen LogP) is -0.501. The van der Waals surface area contributed by atoms with Crippen LogP contribution in [0.1, 0.15) is 13.8 Å². The molecule has 110 valence electrons. The summed E-state index contributed by atoms with van der Waals surface area (Å²) in [6.45, 7) is 2.35. The highest BCUT2D eigenvalue weighted by Crippen LogP contribution is 2.29. The number of imidazole rings is 1.